The van der Waals surface area contributed by atoms with Crippen LogP contribution >= 0.6 is 0 Å². The lowest BCUT2D eigenvalue weighted by molar-refractivity contribution is 0.00578. The molecule has 1 saturated heterocycles. The summed E-state index contributed by atoms with van der Waals surface area (Å²) in [7, 11) is -0.281. The average molecular weight is 231 g/mol. The summed E-state index contributed by atoms with van der Waals surface area (Å²) in [6.07, 6.45) is 0. The Kier molecular flexibility index (Phi) is 2.87. The Morgan fingerprint density at radius 1 is 1.00 bits per heavy atom. The molecule has 0 saturated carbocycles. The van der Waals surface area contributed by atoms with Crippen LogP contribution in [0.1, 0.15) is 38.8 Å². The molecule has 1 heterocycles. The lowest BCUT2D eigenvalue weighted by Gasteiger charge is -2.32. The van der Waals surface area contributed by atoms with Crippen molar-refractivity contribution in [2.24, 2.45) is 0 Å². The predicted molar refractivity (Wildman–Crippen MR) is 70.5 cm³/mol. The van der Waals surface area contributed by atoms with Crippen molar-refractivity contribution in [2.45, 2.75) is 52.7 Å². The molecule has 17 heavy (non-hydrogen) atoms. The Balaban J connectivity index is 2.32. The van der Waals surface area contributed by atoms with E-state index in [1.54, 1.807) is 0 Å². The Morgan fingerprint density at radius 3 is 2.00 bits per heavy atom. The third kappa shape index (κ3) is 2.14. The van der Waals surface area contributed by atoms with Gasteiger partial charge in [-0.1, -0.05) is 12.1 Å². The van der Waals surface area contributed by atoms with E-state index in [4.69, 9.17) is 9.31 Å². The maximum Gasteiger partial charge on any atom is 0.495 e. The standard InChI is InChI=1S/C14H20BO2/c1-10-7-8-12(11(2)9-10)15-16-13(3,4)14(5,6)17-15/h7-8H,1-6H3. The molecule has 0 aliphatic carbocycles. The van der Waals surface area contributed by atoms with Crippen LogP contribution in [0.15, 0.2) is 12.1 Å². The third-order valence-corrected chi connectivity index (χ3v) is 3.84. The normalized spacial score (nSPS) is 21.9. The second-order valence-corrected chi connectivity index (χ2v) is 5.81. The van der Waals surface area contributed by atoms with Crippen LogP contribution in [0.3, 0.4) is 0 Å². The molecule has 0 aromatic heterocycles. The van der Waals surface area contributed by atoms with Gasteiger partial charge >= 0.3 is 7.12 Å². The largest absolute Gasteiger partial charge is 0.495 e. The highest BCUT2D eigenvalue weighted by Gasteiger charge is 2.51. The van der Waals surface area contributed by atoms with Crippen LogP contribution in [0.25, 0.3) is 0 Å². The molecule has 1 fully saturated rings. The molecule has 0 atom stereocenters. The fourth-order valence-electron chi connectivity index (χ4n) is 1.97. The molecule has 1 aliphatic rings. The van der Waals surface area contributed by atoms with E-state index in [1.165, 1.54) is 0 Å². The van der Waals surface area contributed by atoms with Crippen molar-refractivity contribution >= 4 is 12.6 Å². The van der Waals surface area contributed by atoms with Gasteiger partial charge in [-0.3, -0.25) is 0 Å². The smallest absolute Gasteiger partial charge is 0.399 e. The molecule has 1 aromatic carbocycles. The highest BCUT2D eigenvalue weighted by atomic mass is 16.7. The number of aryl methyl sites for hydroxylation is 2. The molecule has 2 nitrogen and oxygen atoms in total. The van der Waals surface area contributed by atoms with E-state index in [0.717, 1.165) is 16.6 Å². The first-order valence-electron chi connectivity index (χ1n) is 6.08. The molecule has 2 rings (SSSR count). The first-order chi connectivity index (χ1) is 7.73. The average Bonchev–Trinajstić information content (AvgIpc) is 2.35. The first-order valence-corrected chi connectivity index (χ1v) is 6.08. The van der Waals surface area contributed by atoms with Gasteiger partial charge in [0.25, 0.3) is 0 Å². The second kappa shape index (κ2) is 3.86. The summed E-state index contributed by atoms with van der Waals surface area (Å²) in [5.41, 5.74) is 2.75. The topological polar surface area (TPSA) is 18.5 Å². The SMILES string of the molecule is Cc1[c]c(C)c(B2OC(C)(C)C(C)(C)O2)cc1. The lowest BCUT2D eigenvalue weighted by Crippen LogP contribution is -2.41. The summed E-state index contributed by atoms with van der Waals surface area (Å²) in [5.74, 6) is 0. The minimum Gasteiger partial charge on any atom is -0.399 e. The number of benzene rings is 1. The van der Waals surface area contributed by atoms with Crippen molar-refractivity contribution in [3.63, 3.8) is 0 Å². The van der Waals surface area contributed by atoms with E-state index >= 15 is 0 Å². The molecular weight excluding hydrogens is 211 g/mol. The molecule has 3 heteroatoms. The molecule has 1 aromatic rings. The minimum atomic E-state index is -0.283. The van der Waals surface area contributed by atoms with Crippen molar-refractivity contribution < 1.29 is 9.31 Å². The molecule has 91 valence electrons. The predicted octanol–water partition coefficient (Wildman–Crippen LogP) is 2.40. The maximum absolute atomic E-state index is 6.03. The summed E-state index contributed by atoms with van der Waals surface area (Å²) >= 11 is 0. The van der Waals surface area contributed by atoms with Crippen LogP contribution in [0.5, 0.6) is 0 Å². The molecule has 0 N–H and O–H groups in total. The van der Waals surface area contributed by atoms with Crippen molar-refractivity contribution in [2.75, 3.05) is 0 Å². The maximum atomic E-state index is 6.03. The van der Waals surface area contributed by atoms with E-state index in [1.807, 2.05) is 19.9 Å². The van der Waals surface area contributed by atoms with Crippen LogP contribution in [0.4, 0.5) is 0 Å². The van der Waals surface area contributed by atoms with Gasteiger partial charge in [0.1, 0.15) is 0 Å². The first kappa shape index (κ1) is 12.7. The number of rotatable bonds is 1. The molecule has 0 amide bonds. The van der Waals surface area contributed by atoms with Gasteiger partial charge in [-0.05, 0) is 64.2 Å². The zero-order chi connectivity index (χ0) is 12.8. The van der Waals surface area contributed by atoms with Crippen LogP contribution in [0, 0.1) is 19.9 Å². The van der Waals surface area contributed by atoms with E-state index in [2.05, 4.69) is 39.8 Å². The summed E-state index contributed by atoms with van der Waals surface area (Å²) in [4.78, 5) is 0. The highest BCUT2D eigenvalue weighted by molar-refractivity contribution is 6.62. The zero-order valence-corrected chi connectivity index (χ0v) is 11.5. The van der Waals surface area contributed by atoms with Gasteiger partial charge in [0.05, 0.1) is 11.2 Å². The minimum absolute atomic E-state index is 0.281. The molecule has 1 radical (unpaired) electrons. The highest BCUT2D eigenvalue weighted by Crippen LogP contribution is 2.36. The number of hydrogen-bond donors (Lipinski definition) is 0. The van der Waals surface area contributed by atoms with Gasteiger partial charge < -0.3 is 9.31 Å². The van der Waals surface area contributed by atoms with Crippen molar-refractivity contribution in [1.29, 1.82) is 0 Å². The molecule has 1 aliphatic heterocycles. The lowest BCUT2D eigenvalue weighted by atomic mass is 9.76. The van der Waals surface area contributed by atoms with E-state index < -0.39 is 0 Å². The van der Waals surface area contributed by atoms with Crippen molar-refractivity contribution in [3.05, 3.63) is 29.3 Å². The zero-order valence-electron chi connectivity index (χ0n) is 11.5. The quantitative estimate of drug-likeness (QED) is 0.691. The monoisotopic (exact) mass is 231 g/mol. The summed E-state index contributed by atoms with van der Waals surface area (Å²) in [6.45, 7) is 12.4. The van der Waals surface area contributed by atoms with Crippen LogP contribution < -0.4 is 5.46 Å². The van der Waals surface area contributed by atoms with Crippen LogP contribution in [-0.2, 0) is 9.31 Å². The van der Waals surface area contributed by atoms with Crippen molar-refractivity contribution in [1.82, 2.24) is 0 Å². The van der Waals surface area contributed by atoms with Gasteiger partial charge in [0.2, 0.25) is 0 Å². The summed E-state index contributed by atoms with van der Waals surface area (Å²) < 4.78 is 12.1. The van der Waals surface area contributed by atoms with E-state index in [9.17, 15) is 0 Å². The second-order valence-electron chi connectivity index (χ2n) is 5.81. The molecular formula is C14H20BO2. The van der Waals surface area contributed by atoms with Crippen LogP contribution in [0.2, 0.25) is 0 Å². The summed E-state index contributed by atoms with van der Waals surface area (Å²) in [5, 5.41) is 0. The Bertz CT molecular complexity index is 422. The van der Waals surface area contributed by atoms with E-state index in [-0.39, 0.29) is 18.3 Å². The summed E-state index contributed by atoms with van der Waals surface area (Å²) in [6, 6.07) is 7.43. The molecule has 0 spiro atoms. The Labute approximate surface area is 104 Å². The molecule has 0 unspecified atom stereocenters. The van der Waals surface area contributed by atoms with Crippen LogP contribution in [-0.4, -0.2) is 18.3 Å². The Hall–Kier alpha value is -0.795. The third-order valence-electron chi connectivity index (χ3n) is 3.84. The van der Waals surface area contributed by atoms with E-state index in [0.29, 0.717) is 0 Å². The number of hydrogen-bond acceptors (Lipinski definition) is 2. The van der Waals surface area contributed by atoms with Crippen molar-refractivity contribution in [3.8, 4) is 0 Å². The fourth-order valence-corrected chi connectivity index (χ4v) is 1.97. The van der Waals surface area contributed by atoms with Gasteiger partial charge in [-0.2, -0.15) is 0 Å². The van der Waals surface area contributed by atoms with Gasteiger partial charge in [-0.25, -0.2) is 0 Å². The molecule has 0 bridgehead atoms. The Morgan fingerprint density at radius 2 is 1.53 bits per heavy atom. The van der Waals surface area contributed by atoms with Gasteiger partial charge in [0, 0.05) is 0 Å². The van der Waals surface area contributed by atoms with Gasteiger partial charge in [-0.15, -0.1) is 0 Å². The fraction of sp³-hybridized carbons (Fsp3) is 0.571. The van der Waals surface area contributed by atoms with Gasteiger partial charge in [0.15, 0.2) is 0 Å².